The number of rotatable bonds is 4. The molecule has 0 spiro atoms. The fourth-order valence-corrected chi connectivity index (χ4v) is 1.68. The first kappa shape index (κ1) is 26.9. The number of hydrogen-bond acceptors (Lipinski definition) is 3. The zero-order chi connectivity index (χ0) is 19.9. The van der Waals surface area contributed by atoms with E-state index in [-0.39, 0.29) is 18.0 Å². The molecule has 0 aliphatic rings. The Morgan fingerprint density at radius 3 is 1.42 bits per heavy atom. The number of hydroxylamine groups is 1. The van der Waals surface area contributed by atoms with Crippen LogP contribution in [0.1, 0.15) is 69.2 Å². The van der Waals surface area contributed by atoms with Gasteiger partial charge in [0, 0.05) is 27.8 Å². The van der Waals surface area contributed by atoms with E-state index in [0.717, 1.165) is 10.5 Å². The van der Waals surface area contributed by atoms with Gasteiger partial charge in [-0.05, 0) is 33.2 Å². The molecule has 0 aromatic heterocycles. The Labute approximate surface area is 147 Å². The van der Waals surface area contributed by atoms with E-state index < -0.39 is 0 Å². The normalized spacial score (nSPS) is 9.46. The zero-order valence-corrected chi connectivity index (χ0v) is 16.9. The van der Waals surface area contributed by atoms with Crippen molar-refractivity contribution in [1.82, 2.24) is 0 Å². The van der Waals surface area contributed by atoms with Crippen molar-refractivity contribution in [2.75, 3.05) is 0 Å². The molecule has 0 N–H and O–H groups in total. The smallest absolute Gasteiger partial charge is 0.301 e. The van der Waals surface area contributed by atoms with Gasteiger partial charge < -0.3 is 10.4 Å². The molecule has 0 aliphatic carbocycles. The molecule has 7 nitrogen and oxygen atoms in total. The summed E-state index contributed by atoms with van der Waals surface area (Å²) in [5, 5.41) is 26.6. The molecule has 24 heavy (non-hydrogen) atoms. The quantitative estimate of drug-likeness (QED) is 0.122. The first-order valence-corrected chi connectivity index (χ1v) is 8.37. The minimum absolute atomic E-state index is 0.0600. The third-order valence-electron chi connectivity index (χ3n) is 2.50. The topological polar surface area (TPSA) is 102 Å². The summed E-state index contributed by atoms with van der Waals surface area (Å²) in [6.45, 7) is 19.5. The summed E-state index contributed by atoms with van der Waals surface area (Å²) >= 11 is 0. The third kappa shape index (κ3) is 18.1. The highest BCUT2D eigenvalue weighted by Crippen LogP contribution is 2.09. The van der Waals surface area contributed by atoms with Crippen molar-refractivity contribution >= 4 is 5.71 Å². The largest absolute Gasteiger partial charge is 0.624 e. The molecule has 0 bridgehead atoms. The number of hydrogen-bond donors (Lipinski definition) is 0. The lowest BCUT2D eigenvalue weighted by Gasteiger charge is -2.18. The van der Waals surface area contributed by atoms with Crippen LogP contribution in [-0.2, 0) is 0 Å². The first-order chi connectivity index (χ1) is 10.9. The fourth-order valence-electron chi connectivity index (χ4n) is 1.68. The lowest BCUT2D eigenvalue weighted by Crippen LogP contribution is -2.30. The van der Waals surface area contributed by atoms with Crippen LogP contribution in [0.5, 0.6) is 0 Å². The highest BCUT2D eigenvalue weighted by atomic mass is 16.5. The molecule has 0 amide bonds. The van der Waals surface area contributed by atoms with Crippen LogP contribution in [0.3, 0.4) is 0 Å². The summed E-state index contributed by atoms with van der Waals surface area (Å²) in [4.78, 5) is 2.56. The SMILES string of the molecule is CC(C)C#[N+][O-].CC(C)C(C(C)C)=[N+]([O-])C(C)C.CC(C)N=[N+]=[N-]. The Morgan fingerprint density at radius 1 is 0.958 bits per heavy atom. The average molecular weight is 342 g/mol. The summed E-state index contributed by atoms with van der Waals surface area (Å²) in [6, 6.07) is 2.44. The molecule has 0 unspecified atom stereocenters. The molecule has 0 radical (unpaired) electrons. The van der Waals surface area contributed by atoms with Crippen molar-refractivity contribution in [2.45, 2.75) is 81.3 Å². The predicted octanol–water partition coefficient (Wildman–Crippen LogP) is 5.84. The second-order valence-electron chi connectivity index (χ2n) is 6.83. The van der Waals surface area contributed by atoms with E-state index in [9.17, 15) is 10.4 Å². The maximum atomic E-state index is 11.6. The van der Waals surface area contributed by atoms with Crippen LogP contribution in [0.15, 0.2) is 5.11 Å². The van der Waals surface area contributed by atoms with E-state index in [1.807, 2.05) is 41.5 Å². The minimum Gasteiger partial charge on any atom is -0.624 e. The third-order valence-corrected chi connectivity index (χ3v) is 2.50. The van der Waals surface area contributed by atoms with Gasteiger partial charge in [-0.1, -0.05) is 46.7 Å². The lowest BCUT2D eigenvalue weighted by molar-refractivity contribution is -0.496. The molecule has 0 saturated carbocycles. The van der Waals surface area contributed by atoms with Crippen LogP contribution in [0.4, 0.5) is 0 Å². The molecule has 0 aromatic carbocycles. The molecule has 0 fully saturated rings. The molecule has 0 heterocycles. The molecule has 0 aromatic rings. The molecule has 0 aliphatic heterocycles. The van der Waals surface area contributed by atoms with E-state index in [4.69, 9.17) is 5.53 Å². The summed E-state index contributed by atoms with van der Waals surface area (Å²) in [6.07, 6.45) is 0. The van der Waals surface area contributed by atoms with Crippen LogP contribution in [-0.4, -0.2) is 22.5 Å². The Morgan fingerprint density at radius 2 is 1.38 bits per heavy atom. The molecule has 140 valence electrons. The lowest BCUT2D eigenvalue weighted by atomic mass is 9.97. The maximum Gasteiger partial charge on any atom is 0.301 e. The van der Waals surface area contributed by atoms with Crippen LogP contribution < -0.4 is 0 Å². The monoisotopic (exact) mass is 341 g/mol. The minimum atomic E-state index is 0.0600. The molecule has 7 heteroatoms. The first-order valence-electron chi connectivity index (χ1n) is 8.37. The van der Waals surface area contributed by atoms with Crippen molar-refractivity contribution in [3.63, 3.8) is 0 Å². The van der Waals surface area contributed by atoms with Gasteiger partial charge in [0.25, 0.3) is 0 Å². The number of nitrogens with zero attached hydrogens (tertiary/aromatic N) is 5. The van der Waals surface area contributed by atoms with Gasteiger partial charge in [0.2, 0.25) is 0 Å². The zero-order valence-electron chi connectivity index (χ0n) is 16.9. The molecular weight excluding hydrogens is 306 g/mol. The maximum absolute atomic E-state index is 11.6. The molecule has 0 rings (SSSR count). The van der Waals surface area contributed by atoms with Gasteiger partial charge in [0.05, 0.1) is 5.92 Å². The van der Waals surface area contributed by atoms with Gasteiger partial charge in [-0.2, -0.15) is 0 Å². The van der Waals surface area contributed by atoms with Crippen molar-refractivity contribution in [1.29, 1.82) is 0 Å². The number of azide groups is 1. The van der Waals surface area contributed by atoms with Gasteiger partial charge in [-0.3, -0.25) is 0 Å². The highest BCUT2D eigenvalue weighted by molar-refractivity contribution is 5.83. The predicted molar refractivity (Wildman–Crippen MR) is 103 cm³/mol. The Bertz CT molecular complexity index is 441. The van der Waals surface area contributed by atoms with Crippen molar-refractivity contribution < 1.29 is 4.74 Å². The summed E-state index contributed by atoms with van der Waals surface area (Å²) in [5.74, 6) is 0.872. The van der Waals surface area contributed by atoms with E-state index in [1.54, 1.807) is 0 Å². The van der Waals surface area contributed by atoms with Gasteiger partial charge >= 0.3 is 6.07 Å². The summed E-state index contributed by atoms with van der Waals surface area (Å²) < 4.78 is 1.15. The van der Waals surface area contributed by atoms with Crippen molar-refractivity contribution in [2.24, 2.45) is 22.9 Å². The Balaban J connectivity index is -0.000000309. The van der Waals surface area contributed by atoms with Crippen LogP contribution >= 0.6 is 0 Å². The summed E-state index contributed by atoms with van der Waals surface area (Å²) in [7, 11) is 0. The molecule has 0 saturated heterocycles. The second-order valence-corrected chi connectivity index (χ2v) is 6.83. The Hall–Kier alpha value is -1.93. The van der Waals surface area contributed by atoms with Crippen molar-refractivity contribution in [3.05, 3.63) is 25.9 Å². The van der Waals surface area contributed by atoms with Gasteiger partial charge in [-0.15, -0.1) is 0 Å². The fraction of sp³-hybridized carbons (Fsp3) is 0.882. The van der Waals surface area contributed by atoms with Gasteiger partial charge in [0.1, 0.15) is 0 Å². The summed E-state index contributed by atoms with van der Waals surface area (Å²) in [5.41, 5.74) is 8.70. The molecular formula is C17H35N5O2. The van der Waals surface area contributed by atoms with Crippen LogP contribution in [0, 0.1) is 34.2 Å². The molecule has 0 atom stereocenters. The van der Waals surface area contributed by atoms with E-state index in [1.165, 1.54) is 0 Å². The highest BCUT2D eigenvalue weighted by Gasteiger charge is 2.20. The standard InChI is InChI=1S/C10H21NO.C4H7NO.C3H7N3/c1-7(2)10(8(3)4)11(12)9(5)6;1-4(2)3-5-6;1-3(2)5-6-4/h7-9H,1-6H3;4H,1-2H3;3H,1-2H3. The van der Waals surface area contributed by atoms with Gasteiger partial charge in [0.15, 0.2) is 11.8 Å². The van der Waals surface area contributed by atoms with Crippen LogP contribution in [0.2, 0.25) is 0 Å². The van der Waals surface area contributed by atoms with Gasteiger partial charge in [-0.25, -0.2) is 4.74 Å². The van der Waals surface area contributed by atoms with Crippen LogP contribution in [0.25, 0.3) is 15.5 Å². The van der Waals surface area contributed by atoms with E-state index in [2.05, 4.69) is 48.8 Å². The van der Waals surface area contributed by atoms with E-state index in [0.29, 0.717) is 11.8 Å². The Kier molecular flexibility index (Phi) is 17.9. The second kappa shape index (κ2) is 15.9. The van der Waals surface area contributed by atoms with Crippen molar-refractivity contribution in [3.8, 4) is 6.07 Å². The average Bonchev–Trinajstić information content (AvgIpc) is 2.38. The van der Waals surface area contributed by atoms with E-state index >= 15 is 0 Å².